The lowest BCUT2D eigenvalue weighted by molar-refractivity contribution is -0.142. The maximum atomic E-state index is 12.0. The molecule has 1 N–H and O–H groups in total. The van der Waals surface area contributed by atoms with Crippen molar-refractivity contribution in [2.45, 2.75) is 20.3 Å². The molecule has 0 bridgehead atoms. The molecule has 0 amide bonds. The van der Waals surface area contributed by atoms with E-state index in [1.165, 1.54) is 6.20 Å². The summed E-state index contributed by atoms with van der Waals surface area (Å²) >= 11 is 5.78. The molecule has 8 heteroatoms. The second kappa shape index (κ2) is 15.0. The quantitative estimate of drug-likeness (QED) is 0.243. The molecule has 0 atom stereocenters. The van der Waals surface area contributed by atoms with E-state index in [0.29, 0.717) is 40.8 Å². The molecule has 1 heterocycles. The van der Waals surface area contributed by atoms with E-state index in [4.69, 9.17) is 21.1 Å². The summed E-state index contributed by atoms with van der Waals surface area (Å²) in [5.41, 5.74) is 2.47. The first kappa shape index (κ1) is 27.3. The van der Waals surface area contributed by atoms with Crippen LogP contribution in [0.4, 0.5) is 5.82 Å². The van der Waals surface area contributed by atoms with Gasteiger partial charge >= 0.3 is 11.9 Å². The van der Waals surface area contributed by atoms with Crippen LogP contribution in [0.25, 0.3) is 5.57 Å². The summed E-state index contributed by atoms with van der Waals surface area (Å²) in [5, 5.41) is 3.53. The topological polar surface area (TPSA) is 94.6 Å². The van der Waals surface area contributed by atoms with Gasteiger partial charge in [0.15, 0.2) is 0 Å². The number of benzene rings is 2. The van der Waals surface area contributed by atoms with Gasteiger partial charge in [-0.05, 0) is 37.1 Å². The number of carbonyl (C=O) groups excluding carboxylic acids is 3. The molecule has 3 aromatic rings. The largest absolute Gasteiger partial charge is 0.466 e. The van der Waals surface area contributed by atoms with Crippen molar-refractivity contribution in [1.82, 2.24) is 4.98 Å². The molecule has 3 rings (SSSR count). The number of rotatable bonds is 9. The molecule has 0 aliphatic carbocycles. The molecule has 0 spiro atoms. The minimum absolute atomic E-state index is 0.156. The van der Waals surface area contributed by atoms with Crippen molar-refractivity contribution in [2.24, 2.45) is 0 Å². The van der Waals surface area contributed by atoms with E-state index in [9.17, 15) is 14.4 Å². The van der Waals surface area contributed by atoms with Crippen LogP contribution in [0.1, 0.15) is 35.3 Å². The number of nitrogens with one attached hydrogen (secondary N) is 1. The fraction of sp³-hybridized carbons (Fsp3) is 0.185. The lowest BCUT2D eigenvalue weighted by Gasteiger charge is -2.08. The number of anilines is 1. The number of hydrogen-bond donors (Lipinski definition) is 1. The number of esters is 2. The van der Waals surface area contributed by atoms with E-state index < -0.39 is 0 Å². The van der Waals surface area contributed by atoms with Crippen LogP contribution in [0.2, 0.25) is 5.02 Å². The van der Waals surface area contributed by atoms with Crippen molar-refractivity contribution in [3.8, 4) is 0 Å². The monoisotopic (exact) mass is 494 g/mol. The van der Waals surface area contributed by atoms with Gasteiger partial charge in [-0.3, -0.25) is 9.59 Å². The molecular formula is C27H27ClN2O5. The molecule has 0 unspecified atom stereocenters. The Morgan fingerprint density at radius 1 is 0.943 bits per heavy atom. The summed E-state index contributed by atoms with van der Waals surface area (Å²) in [4.78, 5) is 37.9. The molecule has 2 aromatic carbocycles. The predicted molar refractivity (Wildman–Crippen MR) is 136 cm³/mol. The molecule has 0 aliphatic rings. The minimum Gasteiger partial charge on any atom is -0.466 e. The number of ether oxygens (including phenoxy) is 2. The van der Waals surface area contributed by atoms with Crippen LogP contribution in [0.3, 0.4) is 0 Å². The van der Waals surface area contributed by atoms with E-state index >= 15 is 0 Å². The number of pyridine rings is 1. The zero-order chi connectivity index (χ0) is 25.5. The summed E-state index contributed by atoms with van der Waals surface area (Å²) in [5.74, 6) is -0.0934. The zero-order valence-electron chi connectivity index (χ0n) is 19.6. The Hall–Kier alpha value is -3.97. The Bertz CT molecular complexity index is 1130. The highest BCUT2D eigenvalue weighted by Crippen LogP contribution is 2.17. The molecule has 0 aliphatic heterocycles. The number of carbonyl (C=O) groups is 3. The van der Waals surface area contributed by atoms with Gasteiger partial charge < -0.3 is 14.8 Å². The molecule has 0 saturated carbocycles. The highest BCUT2D eigenvalue weighted by Gasteiger charge is 2.12. The smallest absolute Gasteiger partial charge is 0.340 e. The first-order valence-corrected chi connectivity index (χ1v) is 11.4. The summed E-state index contributed by atoms with van der Waals surface area (Å²) in [6, 6.07) is 19.7. The number of halogens is 1. The maximum Gasteiger partial charge on any atom is 0.340 e. The maximum absolute atomic E-state index is 12.0. The second-order valence-corrected chi connectivity index (χ2v) is 7.39. The fourth-order valence-electron chi connectivity index (χ4n) is 2.87. The van der Waals surface area contributed by atoms with E-state index in [0.717, 1.165) is 11.8 Å². The van der Waals surface area contributed by atoms with E-state index in [1.807, 2.05) is 30.3 Å². The van der Waals surface area contributed by atoms with E-state index in [-0.39, 0.29) is 18.4 Å². The van der Waals surface area contributed by atoms with Crippen LogP contribution in [0, 0.1) is 0 Å². The van der Waals surface area contributed by atoms with Gasteiger partial charge in [0.2, 0.25) is 0 Å². The van der Waals surface area contributed by atoms with Crippen molar-refractivity contribution in [1.29, 1.82) is 0 Å². The first-order chi connectivity index (χ1) is 17.0. The van der Waals surface area contributed by atoms with Crippen LogP contribution in [0.5, 0.6) is 0 Å². The van der Waals surface area contributed by atoms with Crippen molar-refractivity contribution in [3.63, 3.8) is 0 Å². The lowest BCUT2D eigenvalue weighted by Crippen LogP contribution is -2.08. The molecule has 35 heavy (non-hydrogen) atoms. The zero-order valence-corrected chi connectivity index (χ0v) is 20.3. The summed E-state index contributed by atoms with van der Waals surface area (Å²) in [6.07, 6.45) is 4.02. The Kier molecular flexibility index (Phi) is 11.7. The highest BCUT2D eigenvalue weighted by atomic mass is 35.5. The van der Waals surface area contributed by atoms with Crippen LogP contribution in [-0.2, 0) is 25.5 Å². The van der Waals surface area contributed by atoms with Crippen LogP contribution < -0.4 is 5.32 Å². The average molecular weight is 495 g/mol. The second-order valence-electron chi connectivity index (χ2n) is 6.95. The van der Waals surface area contributed by atoms with Crippen molar-refractivity contribution in [3.05, 3.63) is 101 Å². The lowest BCUT2D eigenvalue weighted by atomic mass is 10.1. The molecule has 1 aromatic heterocycles. The summed E-state index contributed by atoms with van der Waals surface area (Å²) in [6.45, 7) is 4.21. The number of hydrogen-bond acceptors (Lipinski definition) is 7. The Morgan fingerprint density at radius 2 is 1.63 bits per heavy atom. The molecule has 0 fully saturated rings. The van der Waals surface area contributed by atoms with Crippen LogP contribution in [0.15, 0.2) is 79.1 Å². The van der Waals surface area contributed by atoms with Gasteiger partial charge in [-0.15, -0.1) is 0 Å². The Balaban J connectivity index is 0.000000269. The van der Waals surface area contributed by atoms with Gasteiger partial charge in [-0.1, -0.05) is 66.2 Å². The third kappa shape index (κ3) is 9.43. The molecule has 182 valence electrons. The Labute approximate surface area is 209 Å². The van der Waals surface area contributed by atoms with E-state index in [2.05, 4.69) is 10.3 Å². The van der Waals surface area contributed by atoms with Crippen LogP contribution >= 0.6 is 11.6 Å². The number of aldehydes is 1. The standard InChI is InChI=1S/C16H15ClN2O2.C11H12O3/c1-2-21-16(20)14(12-6-4-3-5-7-12)11-19-15-9-8-13(17)10-18-15;1-2-14-11(13)7-9-5-3-4-6-10(9)8-12/h3-11H,2H2,1H3,(H,18,19);3-6,8H,2,7H2,1H3/b14-11-;. The minimum atomic E-state index is -0.384. The van der Waals surface area contributed by atoms with Gasteiger partial charge in [0.05, 0.1) is 30.2 Å². The number of nitrogens with zero attached hydrogens (tertiary/aromatic N) is 1. The predicted octanol–water partition coefficient (Wildman–Crippen LogP) is 5.36. The average Bonchev–Trinajstić information content (AvgIpc) is 2.87. The third-order valence-electron chi connectivity index (χ3n) is 4.49. The highest BCUT2D eigenvalue weighted by molar-refractivity contribution is 6.30. The van der Waals surface area contributed by atoms with Crippen molar-refractivity contribution in [2.75, 3.05) is 18.5 Å². The third-order valence-corrected chi connectivity index (χ3v) is 4.72. The first-order valence-electron chi connectivity index (χ1n) is 11.0. The molecule has 0 radical (unpaired) electrons. The van der Waals surface area contributed by atoms with Gasteiger partial charge in [-0.2, -0.15) is 0 Å². The molecular weight excluding hydrogens is 468 g/mol. The summed E-state index contributed by atoms with van der Waals surface area (Å²) < 4.78 is 9.87. The van der Waals surface area contributed by atoms with Crippen LogP contribution in [-0.4, -0.2) is 36.4 Å². The van der Waals surface area contributed by atoms with Crippen molar-refractivity contribution >= 4 is 41.2 Å². The normalized spacial score (nSPS) is 10.4. The number of aromatic nitrogens is 1. The van der Waals surface area contributed by atoms with Gasteiger partial charge in [0.1, 0.15) is 12.1 Å². The van der Waals surface area contributed by atoms with E-state index in [1.54, 1.807) is 56.4 Å². The fourth-order valence-corrected chi connectivity index (χ4v) is 2.98. The summed E-state index contributed by atoms with van der Waals surface area (Å²) in [7, 11) is 0. The molecule has 7 nitrogen and oxygen atoms in total. The molecule has 0 saturated heterocycles. The van der Waals surface area contributed by atoms with Gasteiger partial charge in [0, 0.05) is 18.0 Å². The Morgan fingerprint density at radius 3 is 2.26 bits per heavy atom. The SMILES string of the molecule is CCOC(=O)/C(=C\Nc1ccc(Cl)cn1)c1ccccc1.CCOC(=O)Cc1ccccc1C=O. The van der Waals surface area contributed by atoms with Gasteiger partial charge in [-0.25, -0.2) is 9.78 Å². The van der Waals surface area contributed by atoms with Gasteiger partial charge in [0.25, 0.3) is 0 Å². The van der Waals surface area contributed by atoms with Crippen molar-refractivity contribution < 1.29 is 23.9 Å².